The minimum atomic E-state index is -0.493. The van der Waals surface area contributed by atoms with Crippen molar-refractivity contribution < 1.29 is 14.3 Å². The molecule has 6 nitrogen and oxygen atoms in total. The molecule has 0 heterocycles. The molecule has 0 aliphatic carbocycles. The molecule has 0 aromatic heterocycles. The molecule has 0 radical (unpaired) electrons. The Morgan fingerprint density at radius 1 is 1.40 bits per heavy atom. The Morgan fingerprint density at radius 2 is 2.07 bits per heavy atom. The first-order valence-electron chi connectivity index (χ1n) is 4.88. The number of carbonyl (C=O) groups excluding carboxylic acids is 2. The lowest BCUT2D eigenvalue weighted by Gasteiger charge is -2.08. The van der Waals surface area contributed by atoms with E-state index >= 15 is 0 Å². The van der Waals surface area contributed by atoms with Gasteiger partial charge in [-0.05, 0) is 13.8 Å². The van der Waals surface area contributed by atoms with Gasteiger partial charge in [0.05, 0.1) is 13.2 Å². The van der Waals surface area contributed by atoms with E-state index in [1.165, 1.54) is 0 Å². The number of nitrogens with one attached hydrogen (secondary N) is 2. The molecule has 0 rings (SSSR count). The fourth-order valence-corrected chi connectivity index (χ4v) is 0.892. The smallest absolute Gasteiger partial charge is 0.243 e. The van der Waals surface area contributed by atoms with Gasteiger partial charge in [0, 0.05) is 12.6 Å². The van der Waals surface area contributed by atoms with Crippen LogP contribution in [0.2, 0.25) is 0 Å². The highest BCUT2D eigenvalue weighted by molar-refractivity contribution is 5.78. The summed E-state index contributed by atoms with van der Waals surface area (Å²) in [5.74, 6) is -0.549. The van der Waals surface area contributed by atoms with E-state index in [2.05, 4.69) is 10.6 Å². The van der Waals surface area contributed by atoms with Gasteiger partial charge in [-0.25, -0.2) is 0 Å². The van der Waals surface area contributed by atoms with Crippen molar-refractivity contribution in [1.29, 1.82) is 0 Å². The number of rotatable bonds is 8. The Kier molecular flexibility index (Phi) is 7.57. The van der Waals surface area contributed by atoms with E-state index in [-0.39, 0.29) is 25.1 Å². The third kappa shape index (κ3) is 10.8. The van der Waals surface area contributed by atoms with E-state index in [1.54, 1.807) is 0 Å². The molecule has 0 atom stereocenters. The Morgan fingerprint density at radius 3 is 2.60 bits per heavy atom. The van der Waals surface area contributed by atoms with Crippen molar-refractivity contribution in [3.8, 4) is 0 Å². The zero-order valence-corrected chi connectivity index (χ0v) is 9.21. The zero-order chi connectivity index (χ0) is 11.7. The highest BCUT2D eigenvalue weighted by Gasteiger charge is 2.01. The first-order valence-corrected chi connectivity index (χ1v) is 4.88. The van der Waals surface area contributed by atoms with Crippen LogP contribution in [0.1, 0.15) is 13.8 Å². The lowest BCUT2D eigenvalue weighted by molar-refractivity contribution is -0.123. The molecule has 0 aromatic rings. The summed E-state index contributed by atoms with van der Waals surface area (Å²) in [6.45, 7) is 4.83. The second-order valence-electron chi connectivity index (χ2n) is 3.42. The summed E-state index contributed by atoms with van der Waals surface area (Å²) in [6.07, 6.45) is 0. The number of nitrogens with two attached hydrogens (primary N) is 1. The normalized spacial score (nSPS) is 10.3. The first kappa shape index (κ1) is 13.9. The predicted octanol–water partition coefficient (Wildman–Crippen LogP) is -1.40. The molecular formula is C9H19N3O3. The van der Waals surface area contributed by atoms with E-state index < -0.39 is 5.91 Å². The second-order valence-corrected chi connectivity index (χ2v) is 3.42. The Bertz CT molecular complexity index is 207. The van der Waals surface area contributed by atoms with E-state index in [0.29, 0.717) is 13.2 Å². The van der Waals surface area contributed by atoms with Crippen LogP contribution in [0.5, 0.6) is 0 Å². The molecule has 15 heavy (non-hydrogen) atoms. The van der Waals surface area contributed by atoms with Gasteiger partial charge in [0.1, 0.15) is 6.61 Å². The monoisotopic (exact) mass is 217 g/mol. The molecule has 6 heteroatoms. The third-order valence-electron chi connectivity index (χ3n) is 1.40. The number of ether oxygens (including phenoxy) is 1. The van der Waals surface area contributed by atoms with Crippen molar-refractivity contribution in [3.05, 3.63) is 0 Å². The average molecular weight is 217 g/mol. The lowest BCUT2D eigenvalue weighted by Crippen LogP contribution is -2.38. The van der Waals surface area contributed by atoms with Gasteiger partial charge in [-0.3, -0.25) is 9.59 Å². The van der Waals surface area contributed by atoms with Crippen LogP contribution < -0.4 is 16.4 Å². The maximum atomic E-state index is 11.1. The van der Waals surface area contributed by atoms with Gasteiger partial charge < -0.3 is 21.1 Å². The molecule has 0 aromatic carbocycles. The van der Waals surface area contributed by atoms with Crippen LogP contribution in [0.15, 0.2) is 0 Å². The number of primary amides is 1. The van der Waals surface area contributed by atoms with E-state index in [0.717, 1.165) is 0 Å². The van der Waals surface area contributed by atoms with E-state index in [4.69, 9.17) is 10.5 Å². The summed E-state index contributed by atoms with van der Waals surface area (Å²) in [4.78, 5) is 21.4. The molecule has 0 saturated heterocycles. The topological polar surface area (TPSA) is 93.4 Å². The van der Waals surface area contributed by atoms with Crippen molar-refractivity contribution in [2.75, 3.05) is 26.3 Å². The lowest BCUT2D eigenvalue weighted by atomic mass is 10.4. The SMILES string of the molecule is CC(C)NC(=O)CNCCOCC(N)=O. The summed E-state index contributed by atoms with van der Waals surface area (Å²) in [5, 5.41) is 5.61. The van der Waals surface area contributed by atoms with Crippen LogP contribution in [0, 0.1) is 0 Å². The maximum Gasteiger partial charge on any atom is 0.243 e. The molecule has 0 bridgehead atoms. The van der Waals surface area contributed by atoms with Gasteiger partial charge in [-0.1, -0.05) is 0 Å². The summed E-state index contributed by atoms with van der Waals surface area (Å²) in [5.41, 5.74) is 4.86. The minimum absolute atomic E-state index is 0.0556. The molecule has 4 N–H and O–H groups in total. The van der Waals surface area contributed by atoms with Gasteiger partial charge in [0.15, 0.2) is 0 Å². The standard InChI is InChI=1S/C9H19N3O3/c1-7(2)12-9(14)5-11-3-4-15-6-8(10)13/h7,11H,3-6H2,1-2H3,(H2,10,13)(H,12,14). The zero-order valence-electron chi connectivity index (χ0n) is 9.21. The Labute approximate surface area is 89.5 Å². The van der Waals surface area contributed by atoms with E-state index in [9.17, 15) is 9.59 Å². The average Bonchev–Trinajstić information content (AvgIpc) is 2.09. The van der Waals surface area contributed by atoms with Gasteiger partial charge in [0.25, 0.3) is 0 Å². The highest BCUT2D eigenvalue weighted by Crippen LogP contribution is 1.76. The molecule has 88 valence electrons. The largest absolute Gasteiger partial charge is 0.370 e. The summed E-state index contributed by atoms with van der Waals surface area (Å²) < 4.78 is 4.89. The molecule has 0 fully saturated rings. The van der Waals surface area contributed by atoms with Crippen molar-refractivity contribution in [3.63, 3.8) is 0 Å². The van der Waals surface area contributed by atoms with Crippen LogP contribution in [0.3, 0.4) is 0 Å². The van der Waals surface area contributed by atoms with E-state index in [1.807, 2.05) is 13.8 Å². The minimum Gasteiger partial charge on any atom is -0.370 e. The summed E-state index contributed by atoms with van der Waals surface area (Å²) in [6, 6.07) is 0.144. The highest BCUT2D eigenvalue weighted by atomic mass is 16.5. The molecular weight excluding hydrogens is 198 g/mol. The van der Waals surface area contributed by atoms with Crippen LogP contribution in [-0.2, 0) is 14.3 Å². The molecule has 2 amide bonds. The van der Waals surface area contributed by atoms with Crippen molar-refractivity contribution >= 4 is 11.8 Å². The van der Waals surface area contributed by atoms with Crippen LogP contribution >= 0.6 is 0 Å². The fraction of sp³-hybridized carbons (Fsp3) is 0.778. The second kappa shape index (κ2) is 8.19. The summed E-state index contributed by atoms with van der Waals surface area (Å²) in [7, 11) is 0. The Balaban J connectivity index is 3.24. The molecule has 0 spiro atoms. The van der Waals surface area contributed by atoms with Gasteiger partial charge in [0.2, 0.25) is 11.8 Å². The number of carbonyl (C=O) groups is 2. The first-order chi connectivity index (χ1) is 7.02. The van der Waals surface area contributed by atoms with Crippen LogP contribution in [0.4, 0.5) is 0 Å². The molecule has 0 aliphatic heterocycles. The predicted molar refractivity (Wildman–Crippen MR) is 56.2 cm³/mol. The molecule has 0 aliphatic rings. The Hall–Kier alpha value is -1.14. The quantitative estimate of drug-likeness (QED) is 0.436. The van der Waals surface area contributed by atoms with Crippen LogP contribution in [0.25, 0.3) is 0 Å². The molecule has 0 saturated carbocycles. The summed E-state index contributed by atoms with van der Waals surface area (Å²) >= 11 is 0. The van der Waals surface area contributed by atoms with Crippen molar-refractivity contribution in [2.24, 2.45) is 5.73 Å². The van der Waals surface area contributed by atoms with Gasteiger partial charge in [-0.15, -0.1) is 0 Å². The number of hydrogen-bond donors (Lipinski definition) is 3. The van der Waals surface area contributed by atoms with Gasteiger partial charge >= 0.3 is 0 Å². The van der Waals surface area contributed by atoms with Crippen molar-refractivity contribution in [1.82, 2.24) is 10.6 Å². The van der Waals surface area contributed by atoms with Crippen LogP contribution in [-0.4, -0.2) is 44.2 Å². The van der Waals surface area contributed by atoms with Gasteiger partial charge in [-0.2, -0.15) is 0 Å². The third-order valence-corrected chi connectivity index (χ3v) is 1.40. The number of hydrogen-bond acceptors (Lipinski definition) is 4. The molecule has 0 unspecified atom stereocenters. The maximum absolute atomic E-state index is 11.1. The number of amides is 2. The fourth-order valence-electron chi connectivity index (χ4n) is 0.892. The van der Waals surface area contributed by atoms with Crippen molar-refractivity contribution in [2.45, 2.75) is 19.9 Å².